The van der Waals surface area contributed by atoms with Crippen molar-refractivity contribution in [1.29, 1.82) is 0 Å². The molecule has 1 aromatic heterocycles. The fourth-order valence-corrected chi connectivity index (χ4v) is 2.96. The van der Waals surface area contributed by atoms with Gasteiger partial charge in [0.1, 0.15) is 5.82 Å². The molecule has 0 unspecified atom stereocenters. The highest BCUT2D eigenvalue weighted by Gasteiger charge is 2.19. The van der Waals surface area contributed by atoms with Crippen LogP contribution in [0.25, 0.3) is 0 Å². The molecule has 1 N–H and O–H groups in total. The van der Waals surface area contributed by atoms with Crippen LogP contribution in [0.15, 0.2) is 30.5 Å². The van der Waals surface area contributed by atoms with Gasteiger partial charge in [0.2, 0.25) is 0 Å². The predicted octanol–water partition coefficient (Wildman–Crippen LogP) is 3.08. The lowest BCUT2D eigenvalue weighted by Crippen LogP contribution is -2.47. The number of hydrogen-bond donors (Lipinski definition) is 1. The number of aromatic amines is 1. The van der Waals surface area contributed by atoms with E-state index in [2.05, 4.69) is 51.8 Å². The zero-order valence-electron chi connectivity index (χ0n) is 12.5. The molecule has 0 saturated carbocycles. The van der Waals surface area contributed by atoms with Gasteiger partial charge in [-0.2, -0.15) is 0 Å². The quantitative estimate of drug-likeness (QED) is 0.865. The van der Waals surface area contributed by atoms with Crippen LogP contribution in [0.4, 0.5) is 11.5 Å². The van der Waals surface area contributed by atoms with Crippen molar-refractivity contribution < 1.29 is 0 Å². The zero-order valence-corrected chi connectivity index (χ0v) is 13.3. The molecule has 0 radical (unpaired) electrons. The summed E-state index contributed by atoms with van der Waals surface area (Å²) in [6, 6.07) is 8.65. The molecule has 3 rings (SSSR count). The molecular formula is C16H20N4S. The molecule has 1 saturated heterocycles. The van der Waals surface area contributed by atoms with E-state index in [1.54, 1.807) is 6.20 Å². The number of hydrogen-bond acceptors (Lipinski definition) is 4. The highest BCUT2D eigenvalue weighted by atomic mass is 32.1. The van der Waals surface area contributed by atoms with Gasteiger partial charge < -0.3 is 14.8 Å². The molecule has 1 fully saturated rings. The summed E-state index contributed by atoms with van der Waals surface area (Å²) in [5, 5.41) is 0. The molecular weight excluding hydrogens is 280 g/mol. The van der Waals surface area contributed by atoms with Crippen molar-refractivity contribution in [2.45, 2.75) is 13.8 Å². The van der Waals surface area contributed by atoms with Gasteiger partial charge in [0.05, 0.1) is 0 Å². The van der Waals surface area contributed by atoms with Crippen LogP contribution < -0.4 is 9.80 Å². The molecule has 21 heavy (non-hydrogen) atoms. The summed E-state index contributed by atoms with van der Waals surface area (Å²) in [4.78, 5) is 12.0. The maximum Gasteiger partial charge on any atom is 0.198 e. The summed E-state index contributed by atoms with van der Waals surface area (Å²) < 4.78 is 0.546. The Hall–Kier alpha value is -1.88. The molecule has 1 aliphatic rings. The monoisotopic (exact) mass is 300 g/mol. The standard InChI is InChI=1S/C16H20N4S/c1-12-3-4-13(2)14(11-12)19-7-9-20(10-8-19)15-5-6-17-16(21)18-15/h3-6,11H,7-10H2,1-2H3,(H,17,18,21). The van der Waals surface area contributed by atoms with Crippen molar-refractivity contribution in [3.05, 3.63) is 46.4 Å². The third-order valence-corrected chi connectivity index (χ3v) is 4.19. The Morgan fingerprint density at radius 1 is 1.05 bits per heavy atom. The molecule has 0 spiro atoms. The van der Waals surface area contributed by atoms with E-state index in [1.807, 2.05) is 6.07 Å². The van der Waals surface area contributed by atoms with Gasteiger partial charge in [0.15, 0.2) is 4.77 Å². The summed E-state index contributed by atoms with van der Waals surface area (Å²) in [7, 11) is 0. The van der Waals surface area contributed by atoms with Crippen LogP contribution in [0.3, 0.4) is 0 Å². The highest BCUT2D eigenvalue weighted by Crippen LogP contribution is 2.23. The number of rotatable bonds is 2. The molecule has 0 aliphatic carbocycles. The fourth-order valence-electron chi connectivity index (χ4n) is 2.79. The van der Waals surface area contributed by atoms with E-state index in [-0.39, 0.29) is 0 Å². The summed E-state index contributed by atoms with van der Waals surface area (Å²) in [6.45, 7) is 8.35. The SMILES string of the molecule is Cc1ccc(C)c(N2CCN(c3ccnc(=S)[nH]3)CC2)c1. The lowest BCUT2D eigenvalue weighted by atomic mass is 10.1. The zero-order chi connectivity index (χ0) is 14.8. The Balaban J connectivity index is 1.73. The second-order valence-corrected chi connectivity index (χ2v) is 5.91. The molecule has 0 bridgehead atoms. The van der Waals surface area contributed by atoms with E-state index in [1.165, 1.54) is 16.8 Å². The average molecular weight is 300 g/mol. The first-order valence-electron chi connectivity index (χ1n) is 7.26. The van der Waals surface area contributed by atoms with E-state index < -0.39 is 0 Å². The maximum atomic E-state index is 5.10. The van der Waals surface area contributed by atoms with Gasteiger partial charge >= 0.3 is 0 Å². The normalized spacial score (nSPS) is 15.3. The molecule has 1 aliphatic heterocycles. The van der Waals surface area contributed by atoms with Gasteiger partial charge in [0.25, 0.3) is 0 Å². The second kappa shape index (κ2) is 5.85. The lowest BCUT2D eigenvalue weighted by Gasteiger charge is -2.37. The van der Waals surface area contributed by atoms with E-state index in [4.69, 9.17) is 12.2 Å². The Kier molecular flexibility index (Phi) is 3.92. The molecule has 5 heteroatoms. The number of aromatic nitrogens is 2. The van der Waals surface area contributed by atoms with Crippen LogP contribution in [0.2, 0.25) is 0 Å². The van der Waals surface area contributed by atoms with E-state index >= 15 is 0 Å². The van der Waals surface area contributed by atoms with Crippen molar-refractivity contribution in [2.75, 3.05) is 36.0 Å². The first-order chi connectivity index (χ1) is 10.1. The number of aryl methyl sites for hydroxylation is 2. The fraction of sp³-hybridized carbons (Fsp3) is 0.375. The van der Waals surface area contributed by atoms with Crippen molar-refractivity contribution in [3.8, 4) is 0 Å². The summed E-state index contributed by atoms with van der Waals surface area (Å²) in [5.74, 6) is 1.07. The summed E-state index contributed by atoms with van der Waals surface area (Å²) in [6.07, 6.45) is 1.77. The lowest BCUT2D eigenvalue weighted by molar-refractivity contribution is 0.645. The Morgan fingerprint density at radius 3 is 2.48 bits per heavy atom. The maximum absolute atomic E-state index is 5.10. The van der Waals surface area contributed by atoms with E-state index in [9.17, 15) is 0 Å². The number of anilines is 2. The van der Waals surface area contributed by atoms with Gasteiger partial charge in [-0.15, -0.1) is 0 Å². The minimum atomic E-state index is 0.546. The smallest absolute Gasteiger partial charge is 0.198 e. The third-order valence-electron chi connectivity index (χ3n) is 3.98. The van der Waals surface area contributed by atoms with Crippen molar-refractivity contribution >= 4 is 23.7 Å². The van der Waals surface area contributed by atoms with Crippen molar-refractivity contribution in [2.24, 2.45) is 0 Å². The first kappa shape index (κ1) is 14.1. The van der Waals surface area contributed by atoms with Gasteiger partial charge in [0, 0.05) is 38.1 Å². The number of H-pyrrole nitrogens is 1. The number of piperazine rings is 1. The van der Waals surface area contributed by atoms with Crippen LogP contribution in [0.1, 0.15) is 11.1 Å². The van der Waals surface area contributed by atoms with Gasteiger partial charge in [-0.05, 0) is 49.3 Å². The third kappa shape index (κ3) is 3.08. The van der Waals surface area contributed by atoms with Crippen LogP contribution in [-0.2, 0) is 0 Å². The molecule has 2 heterocycles. The van der Waals surface area contributed by atoms with Crippen molar-refractivity contribution in [1.82, 2.24) is 9.97 Å². The summed E-state index contributed by atoms with van der Waals surface area (Å²) in [5.41, 5.74) is 4.02. The average Bonchev–Trinajstić information content (AvgIpc) is 2.50. The molecule has 0 amide bonds. The minimum Gasteiger partial charge on any atom is -0.368 e. The van der Waals surface area contributed by atoms with Gasteiger partial charge in [-0.25, -0.2) is 4.98 Å². The number of nitrogens with one attached hydrogen (secondary N) is 1. The Morgan fingerprint density at radius 2 is 1.76 bits per heavy atom. The predicted molar refractivity (Wildman–Crippen MR) is 89.8 cm³/mol. The topological polar surface area (TPSA) is 35.2 Å². The van der Waals surface area contributed by atoms with Crippen LogP contribution in [0, 0.1) is 18.6 Å². The van der Waals surface area contributed by atoms with Crippen LogP contribution in [-0.4, -0.2) is 36.1 Å². The van der Waals surface area contributed by atoms with Gasteiger partial charge in [-0.3, -0.25) is 0 Å². The Labute approximate surface area is 130 Å². The van der Waals surface area contributed by atoms with Crippen LogP contribution >= 0.6 is 12.2 Å². The molecule has 1 aromatic carbocycles. The van der Waals surface area contributed by atoms with E-state index in [0.717, 1.165) is 32.0 Å². The van der Waals surface area contributed by atoms with Crippen molar-refractivity contribution in [3.63, 3.8) is 0 Å². The molecule has 4 nitrogen and oxygen atoms in total. The highest BCUT2D eigenvalue weighted by molar-refractivity contribution is 7.71. The Bertz CT molecular complexity index is 687. The second-order valence-electron chi connectivity index (χ2n) is 5.52. The van der Waals surface area contributed by atoms with Gasteiger partial charge in [-0.1, -0.05) is 12.1 Å². The molecule has 110 valence electrons. The first-order valence-corrected chi connectivity index (χ1v) is 7.67. The minimum absolute atomic E-state index is 0.546. The van der Waals surface area contributed by atoms with Crippen LogP contribution in [0.5, 0.6) is 0 Å². The summed E-state index contributed by atoms with van der Waals surface area (Å²) >= 11 is 5.10. The van der Waals surface area contributed by atoms with E-state index in [0.29, 0.717) is 4.77 Å². The molecule has 2 aromatic rings. The number of nitrogens with zero attached hydrogens (tertiary/aromatic N) is 3. The molecule has 0 atom stereocenters. The largest absolute Gasteiger partial charge is 0.368 e. The number of benzene rings is 1.